The summed E-state index contributed by atoms with van der Waals surface area (Å²) in [6.45, 7) is 3.70. The lowest BCUT2D eigenvalue weighted by molar-refractivity contribution is -0.124. The second-order valence-electron chi connectivity index (χ2n) is 6.37. The van der Waals surface area contributed by atoms with Crippen LogP contribution in [-0.2, 0) is 9.59 Å². The van der Waals surface area contributed by atoms with Crippen molar-refractivity contribution in [3.63, 3.8) is 0 Å². The Hall–Kier alpha value is -3.68. The molecule has 4 amide bonds. The van der Waals surface area contributed by atoms with E-state index in [2.05, 4.69) is 11.9 Å². The average molecular weight is 397 g/mol. The van der Waals surface area contributed by atoms with Crippen LogP contribution in [0.3, 0.4) is 0 Å². The fourth-order valence-corrected chi connectivity index (χ4v) is 3.07. The molecule has 8 heteroatoms. The number of nitrogens with one attached hydrogen (secondary N) is 1. The first kappa shape index (κ1) is 20.1. The Labute approximate surface area is 167 Å². The molecule has 0 aliphatic carbocycles. The van der Waals surface area contributed by atoms with Gasteiger partial charge < -0.3 is 15.0 Å². The van der Waals surface area contributed by atoms with E-state index in [-0.39, 0.29) is 18.7 Å². The number of halogens is 1. The van der Waals surface area contributed by atoms with E-state index >= 15 is 0 Å². The quantitative estimate of drug-likeness (QED) is 0.575. The highest BCUT2D eigenvalue weighted by Gasteiger charge is 2.46. The standard InChI is InChI=1S/C21H20FN3O4/c1-3-12-24-18(13-19(26)23-15-6-10-17(29-2)11-7-15)20(27)25(21(24)28)16-8-4-14(22)5-9-16/h3-11,18H,1,12-13H2,2H3,(H,23,26)/t18-/m1/s1. The molecule has 1 N–H and O–H groups in total. The first-order chi connectivity index (χ1) is 13.9. The van der Waals surface area contributed by atoms with Crippen molar-refractivity contribution in [3.8, 4) is 5.75 Å². The Bertz CT molecular complexity index is 928. The van der Waals surface area contributed by atoms with E-state index in [4.69, 9.17) is 4.74 Å². The molecule has 150 valence electrons. The van der Waals surface area contributed by atoms with E-state index in [0.29, 0.717) is 11.4 Å². The summed E-state index contributed by atoms with van der Waals surface area (Å²) >= 11 is 0. The lowest BCUT2D eigenvalue weighted by Crippen LogP contribution is -2.38. The van der Waals surface area contributed by atoms with Gasteiger partial charge in [-0.1, -0.05) is 6.08 Å². The fraction of sp³-hybridized carbons (Fsp3) is 0.190. The monoisotopic (exact) mass is 397 g/mol. The van der Waals surface area contributed by atoms with Gasteiger partial charge in [-0.25, -0.2) is 14.1 Å². The zero-order valence-corrected chi connectivity index (χ0v) is 15.8. The molecule has 0 bridgehead atoms. The van der Waals surface area contributed by atoms with E-state index in [1.165, 1.54) is 30.2 Å². The van der Waals surface area contributed by atoms with Crippen molar-refractivity contribution in [3.05, 3.63) is 67.0 Å². The molecule has 1 atom stereocenters. The van der Waals surface area contributed by atoms with Crippen LogP contribution >= 0.6 is 0 Å². The molecule has 3 rings (SSSR count). The van der Waals surface area contributed by atoms with E-state index in [1.807, 2.05) is 0 Å². The van der Waals surface area contributed by atoms with E-state index in [0.717, 1.165) is 17.0 Å². The van der Waals surface area contributed by atoms with Crippen LogP contribution in [0.2, 0.25) is 0 Å². The van der Waals surface area contributed by atoms with Crippen LogP contribution in [0.5, 0.6) is 5.75 Å². The van der Waals surface area contributed by atoms with Gasteiger partial charge in [0.25, 0.3) is 5.91 Å². The highest BCUT2D eigenvalue weighted by atomic mass is 19.1. The van der Waals surface area contributed by atoms with Crippen molar-refractivity contribution in [2.24, 2.45) is 0 Å². The fourth-order valence-electron chi connectivity index (χ4n) is 3.07. The number of hydrogen-bond acceptors (Lipinski definition) is 4. The van der Waals surface area contributed by atoms with Crippen LogP contribution in [-0.4, -0.2) is 42.4 Å². The van der Waals surface area contributed by atoms with Crippen molar-refractivity contribution >= 4 is 29.2 Å². The molecule has 1 aliphatic rings. The Morgan fingerprint density at radius 2 is 1.83 bits per heavy atom. The summed E-state index contributed by atoms with van der Waals surface area (Å²) in [7, 11) is 1.54. The highest BCUT2D eigenvalue weighted by Crippen LogP contribution is 2.27. The lowest BCUT2D eigenvalue weighted by Gasteiger charge is -2.19. The highest BCUT2D eigenvalue weighted by molar-refractivity contribution is 6.22. The number of imide groups is 1. The molecule has 0 saturated carbocycles. The summed E-state index contributed by atoms with van der Waals surface area (Å²) in [5.74, 6) is -0.803. The third kappa shape index (κ3) is 4.26. The van der Waals surface area contributed by atoms with E-state index in [9.17, 15) is 18.8 Å². The van der Waals surface area contributed by atoms with Gasteiger partial charge in [0.2, 0.25) is 5.91 Å². The van der Waals surface area contributed by atoms with Crippen LogP contribution in [0.4, 0.5) is 20.6 Å². The van der Waals surface area contributed by atoms with Gasteiger partial charge in [0.1, 0.15) is 17.6 Å². The van der Waals surface area contributed by atoms with Crippen LogP contribution in [0, 0.1) is 5.82 Å². The number of urea groups is 1. The van der Waals surface area contributed by atoms with Crippen molar-refractivity contribution in [2.75, 3.05) is 23.9 Å². The molecule has 0 radical (unpaired) electrons. The zero-order valence-electron chi connectivity index (χ0n) is 15.8. The summed E-state index contributed by atoms with van der Waals surface area (Å²) in [6.07, 6.45) is 1.26. The lowest BCUT2D eigenvalue weighted by atomic mass is 10.1. The maximum atomic E-state index is 13.2. The van der Waals surface area contributed by atoms with Crippen LogP contribution in [0.1, 0.15) is 6.42 Å². The number of benzene rings is 2. The summed E-state index contributed by atoms with van der Waals surface area (Å²) in [4.78, 5) is 40.4. The van der Waals surface area contributed by atoms with Gasteiger partial charge in [0.05, 0.1) is 19.2 Å². The molecule has 0 unspecified atom stereocenters. The maximum absolute atomic E-state index is 13.2. The summed E-state index contributed by atoms with van der Waals surface area (Å²) in [5, 5.41) is 2.70. The Kier molecular flexibility index (Phi) is 5.92. The molecule has 0 spiro atoms. The predicted molar refractivity (Wildman–Crippen MR) is 106 cm³/mol. The largest absolute Gasteiger partial charge is 0.497 e. The normalized spacial score (nSPS) is 16.1. The van der Waals surface area contributed by atoms with Crippen molar-refractivity contribution in [2.45, 2.75) is 12.5 Å². The Morgan fingerprint density at radius 3 is 2.41 bits per heavy atom. The van der Waals surface area contributed by atoms with Crippen molar-refractivity contribution in [1.82, 2.24) is 4.90 Å². The third-order valence-electron chi connectivity index (χ3n) is 4.48. The zero-order chi connectivity index (χ0) is 21.0. The second-order valence-corrected chi connectivity index (χ2v) is 6.37. The SMILES string of the molecule is C=CCN1C(=O)N(c2ccc(F)cc2)C(=O)[C@H]1CC(=O)Nc1ccc(OC)cc1. The third-order valence-corrected chi connectivity index (χ3v) is 4.48. The number of carbonyl (C=O) groups excluding carboxylic acids is 3. The van der Waals surface area contributed by atoms with E-state index in [1.54, 1.807) is 24.3 Å². The minimum Gasteiger partial charge on any atom is -0.497 e. The van der Waals surface area contributed by atoms with Gasteiger partial charge in [-0.3, -0.25) is 9.59 Å². The van der Waals surface area contributed by atoms with Gasteiger partial charge in [0.15, 0.2) is 0 Å². The number of rotatable bonds is 7. The van der Waals surface area contributed by atoms with Crippen molar-refractivity contribution < 1.29 is 23.5 Å². The van der Waals surface area contributed by atoms with E-state index < -0.39 is 29.7 Å². The molecular weight excluding hydrogens is 377 g/mol. The molecular formula is C21H20FN3O4. The number of amides is 4. The van der Waals surface area contributed by atoms with Gasteiger partial charge in [-0.2, -0.15) is 0 Å². The minimum absolute atomic E-state index is 0.1000. The van der Waals surface area contributed by atoms with Crippen LogP contribution in [0.25, 0.3) is 0 Å². The number of ether oxygens (including phenoxy) is 1. The van der Waals surface area contributed by atoms with Gasteiger partial charge in [-0.15, -0.1) is 6.58 Å². The minimum atomic E-state index is -0.983. The molecule has 1 saturated heterocycles. The number of hydrogen-bond donors (Lipinski definition) is 1. The molecule has 2 aromatic rings. The molecule has 1 fully saturated rings. The molecule has 1 heterocycles. The number of anilines is 2. The van der Waals surface area contributed by atoms with Crippen LogP contribution in [0.15, 0.2) is 61.2 Å². The van der Waals surface area contributed by atoms with Crippen LogP contribution < -0.4 is 15.0 Å². The van der Waals surface area contributed by atoms with Gasteiger partial charge >= 0.3 is 6.03 Å². The number of nitrogens with zero attached hydrogens (tertiary/aromatic N) is 2. The summed E-state index contributed by atoms with van der Waals surface area (Å²) in [5.41, 5.74) is 0.784. The maximum Gasteiger partial charge on any atom is 0.332 e. The molecule has 7 nitrogen and oxygen atoms in total. The molecule has 0 aromatic heterocycles. The average Bonchev–Trinajstić information content (AvgIpc) is 2.94. The number of carbonyl (C=O) groups is 3. The smallest absolute Gasteiger partial charge is 0.332 e. The number of methoxy groups -OCH3 is 1. The predicted octanol–water partition coefficient (Wildman–Crippen LogP) is 3.19. The Morgan fingerprint density at radius 1 is 1.17 bits per heavy atom. The first-order valence-electron chi connectivity index (χ1n) is 8.89. The summed E-state index contributed by atoms with van der Waals surface area (Å²) < 4.78 is 18.3. The molecule has 2 aromatic carbocycles. The topological polar surface area (TPSA) is 79.0 Å². The van der Waals surface area contributed by atoms with Gasteiger partial charge in [-0.05, 0) is 48.5 Å². The Balaban J connectivity index is 1.77. The second kappa shape index (κ2) is 8.55. The van der Waals surface area contributed by atoms with Gasteiger partial charge in [0, 0.05) is 12.2 Å². The van der Waals surface area contributed by atoms with Crippen molar-refractivity contribution in [1.29, 1.82) is 0 Å². The first-order valence-corrected chi connectivity index (χ1v) is 8.89. The molecule has 1 aliphatic heterocycles. The summed E-state index contributed by atoms with van der Waals surface area (Å²) in [6, 6.07) is 10.2. The molecule has 29 heavy (non-hydrogen) atoms.